The summed E-state index contributed by atoms with van der Waals surface area (Å²) >= 11 is 3.35. The van der Waals surface area contributed by atoms with Crippen molar-refractivity contribution in [3.63, 3.8) is 0 Å². The summed E-state index contributed by atoms with van der Waals surface area (Å²) in [6.45, 7) is 3.81. The van der Waals surface area contributed by atoms with Crippen LogP contribution in [0.25, 0.3) is 0 Å². The summed E-state index contributed by atoms with van der Waals surface area (Å²) in [5.41, 5.74) is 2.08. The number of cyclic esters (lactones) is 2. The first-order chi connectivity index (χ1) is 11.5. The van der Waals surface area contributed by atoms with Crippen LogP contribution < -0.4 is 4.90 Å². The molecule has 0 unspecified atom stereocenters. The molecule has 0 radical (unpaired) electrons. The molecule has 24 heavy (non-hydrogen) atoms. The third-order valence-electron chi connectivity index (χ3n) is 4.29. The van der Waals surface area contributed by atoms with Gasteiger partial charge in [-0.3, -0.25) is 14.5 Å². The minimum Gasteiger partial charge on any atom is -0.405 e. The number of hydrogen-bond acceptors (Lipinski definition) is 5. The molecule has 7 heteroatoms. The van der Waals surface area contributed by atoms with Crippen LogP contribution in [0.3, 0.4) is 0 Å². The quantitative estimate of drug-likeness (QED) is 0.560. The van der Waals surface area contributed by atoms with E-state index in [1.807, 2.05) is 13.8 Å². The summed E-state index contributed by atoms with van der Waals surface area (Å²) in [6, 6.07) is 1.88. The first-order valence-electron chi connectivity index (χ1n) is 8.13. The molecule has 0 spiro atoms. The highest BCUT2D eigenvalue weighted by atomic mass is 79.9. The highest BCUT2D eigenvalue weighted by Crippen LogP contribution is 2.41. The lowest BCUT2D eigenvalue weighted by Crippen LogP contribution is -2.47. The Balaban J connectivity index is 2.07. The second-order valence-electron chi connectivity index (χ2n) is 5.97. The Labute approximate surface area is 148 Å². The normalized spacial score (nSPS) is 18.3. The van der Waals surface area contributed by atoms with Gasteiger partial charge in [0.05, 0.1) is 4.47 Å². The first kappa shape index (κ1) is 17.2. The van der Waals surface area contributed by atoms with Crippen LogP contribution in [0.4, 0.5) is 10.1 Å². The smallest absolute Gasteiger partial charge is 0.332 e. The van der Waals surface area contributed by atoms with Crippen LogP contribution in [-0.2, 0) is 31.9 Å². The first-order valence-corrected chi connectivity index (χ1v) is 8.92. The largest absolute Gasteiger partial charge is 0.405 e. The second-order valence-corrected chi connectivity index (χ2v) is 6.76. The summed E-state index contributed by atoms with van der Waals surface area (Å²) in [4.78, 5) is 25.1. The van der Waals surface area contributed by atoms with Gasteiger partial charge in [-0.2, -0.15) is 0 Å². The molecule has 1 saturated heterocycles. The molecule has 1 aromatic carbocycles. The van der Waals surface area contributed by atoms with E-state index in [0.29, 0.717) is 22.9 Å². The molecule has 0 atom stereocenters. The maximum absolute atomic E-state index is 14.4. The number of nitrogens with zero attached hydrogens (tertiary/aromatic N) is 1. The number of benzene rings is 1. The highest BCUT2D eigenvalue weighted by molar-refractivity contribution is 9.10. The zero-order valence-electron chi connectivity index (χ0n) is 13.6. The highest BCUT2D eigenvalue weighted by Gasteiger charge is 2.42. The molecule has 0 N–H and O–H groups in total. The van der Waals surface area contributed by atoms with Gasteiger partial charge in [0, 0.05) is 11.7 Å². The van der Waals surface area contributed by atoms with Gasteiger partial charge in [0.25, 0.3) is 0 Å². The summed E-state index contributed by atoms with van der Waals surface area (Å²) < 4.78 is 25.4. The lowest BCUT2D eigenvalue weighted by atomic mass is 10.0. The number of carbonyl (C=O) groups is 2. The van der Waals surface area contributed by atoms with Gasteiger partial charge >= 0.3 is 18.4 Å². The Morgan fingerprint density at radius 3 is 2.33 bits per heavy atom. The predicted molar refractivity (Wildman–Crippen MR) is 88.9 cm³/mol. The summed E-state index contributed by atoms with van der Waals surface area (Å²) in [7, 11) is 0. The average molecular weight is 400 g/mol. The fourth-order valence-electron chi connectivity index (χ4n) is 2.92. The molecule has 2 aliphatic rings. The van der Waals surface area contributed by atoms with E-state index in [9.17, 15) is 14.0 Å². The van der Waals surface area contributed by atoms with Crippen molar-refractivity contribution in [1.29, 1.82) is 0 Å². The van der Waals surface area contributed by atoms with Crippen LogP contribution in [-0.4, -0.2) is 24.4 Å². The molecule has 1 aromatic rings. The number of aryl methyl sites for hydroxylation is 1. The number of rotatable bonds is 5. The van der Waals surface area contributed by atoms with Crippen LogP contribution in [0.15, 0.2) is 10.5 Å². The van der Waals surface area contributed by atoms with Crippen molar-refractivity contribution in [1.82, 2.24) is 0 Å². The van der Waals surface area contributed by atoms with Crippen LogP contribution >= 0.6 is 15.9 Å². The molecule has 0 amide bonds. The monoisotopic (exact) mass is 399 g/mol. The predicted octanol–water partition coefficient (Wildman–Crippen LogP) is 3.46. The van der Waals surface area contributed by atoms with E-state index in [1.54, 1.807) is 11.0 Å². The van der Waals surface area contributed by atoms with Gasteiger partial charge in [-0.1, -0.05) is 13.8 Å². The van der Waals surface area contributed by atoms with Crippen molar-refractivity contribution in [3.05, 3.63) is 27.5 Å². The summed E-state index contributed by atoms with van der Waals surface area (Å²) in [6.07, 6.45) is 1.48. The molecular formula is C17H19BrFNO4. The molecule has 1 heterocycles. The SMILES string of the molecule is CCc1cc(N(C2CC2)C2OC(=O)CC(=O)O2)c(CC)c(Br)c1F. The van der Waals surface area contributed by atoms with E-state index in [2.05, 4.69) is 15.9 Å². The lowest BCUT2D eigenvalue weighted by molar-refractivity contribution is -0.203. The van der Waals surface area contributed by atoms with Gasteiger partial charge in [-0.05, 0) is 58.8 Å². The minimum atomic E-state index is -1.08. The maximum atomic E-state index is 14.4. The van der Waals surface area contributed by atoms with E-state index in [-0.39, 0.29) is 18.3 Å². The van der Waals surface area contributed by atoms with Gasteiger partial charge in [0.15, 0.2) is 0 Å². The standard InChI is InChI=1S/C17H19BrFNO4/c1-3-9-7-12(11(4-2)15(18)16(9)19)20(10-5-6-10)17-23-13(21)8-14(22)24-17/h7,10,17H,3-6,8H2,1-2H3. The Bertz CT molecular complexity index is 674. The fourth-order valence-corrected chi connectivity index (χ4v) is 3.66. The number of ether oxygens (including phenoxy) is 2. The van der Waals surface area contributed by atoms with Gasteiger partial charge in [-0.15, -0.1) is 0 Å². The van der Waals surface area contributed by atoms with Crippen molar-refractivity contribution >= 4 is 33.6 Å². The summed E-state index contributed by atoms with van der Waals surface area (Å²) in [5.74, 6) is -1.47. The van der Waals surface area contributed by atoms with Crippen LogP contribution in [0, 0.1) is 5.82 Å². The number of esters is 2. The van der Waals surface area contributed by atoms with E-state index in [0.717, 1.165) is 24.1 Å². The molecule has 130 valence electrons. The van der Waals surface area contributed by atoms with Crippen LogP contribution in [0.2, 0.25) is 0 Å². The topological polar surface area (TPSA) is 55.8 Å². The lowest BCUT2D eigenvalue weighted by Gasteiger charge is -2.35. The van der Waals surface area contributed by atoms with Crippen molar-refractivity contribution in [2.24, 2.45) is 0 Å². The van der Waals surface area contributed by atoms with Crippen molar-refractivity contribution in [3.8, 4) is 0 Å². The molecule has 2 fully saturated rings. The third kappa shape index (κ3) is 3.14. The van der Waals surface area contributed by atoms with Gasteiger partial charge < -0.3 is 9.47 Å². The molecule has 1 aliphatic carbocycles. The molecule has 1 aliphatic heterocycles. The van der Waals surface area contributed by atoms with E-state index in [1.165, 1.54) is 0 Å². The summed E-state index contributed by atoms with van der Waals surface area (Å²) in [5, 5.41) is 0. The average Bonchev–Trinajstić information content (AvgIpc) is 3.35. The molecule has 3 rings (SSSR count). The third-order valence-corrected chi connectivity index (χ3v) is 5.12. The van der Waals surface area contributed by atoms with E-state index >= 15 is 0 Å². The number of halogens is 2. The number of carbonyl (C=O) groups excluding carboxylic acids is 2. The Morgan fingerprint density at radius 2 is 1.83 bits per heavy atom. The zero-order valence-corrected chi connectivity index (χ0v) is 15.2. The Kier molecular flexibility index (Phi) is 4.80. The number of anilines is 1. The van der Waals surface area contributed by atoms with Crippen molar-refractivity contribution < 1.29 is 23.5 Å². The zero-order chi connectivity index (χ0) is 17.4. The Morgan fingerprint density at radius 1 is 1.21 bits per heavy atom. The van der Waals surface area contributed by atoms with Gasteiger partial charge in [-0.25, -0.2) is 4.39 Å². The molecule has 0 aromatic heterocycles. The van der Waals surface area contributed by atoms with Crippen LogP contribution in [0.1, 0.15) is 44.2 Å². The van der Waals surface area contributed by atoms with Crippen molar-refractivity contribution in [2.75, 3.05) is 4.90 Å². The fraction of sp³-hybridized carbons (Fsp3) is 0.529. The van der Waals surface area contributed by atoms with Gasteiger partial charge in [0.1, 0.15) is 12.2 Å². The molecule has 1 saturated carbocycles. The van der Waals surface area contributed by atoms with Crippen LogP contribution in [0.5, 0.6) is 0 Å². The second kappa shape index (κ2) is 6.70. The van der Waals surface area contributed by atoms with E-state index in [4.69, 9.17) is 9.47 Å². The molecule has 5 nitrogen and oxygen atoms in total. The van der Waals surface area contributed by atoms with Crippen molar-refractivity contribution in [2.45, 2.75) is 58.4 Å². The molecular weight excluding hydrogens is 381 g/mol. The van der Waals surface area contributed by atoms with Gasteiger partial charge in [0.2, 0.25) is 0 Å². The number of hydrogen-bond donors (Lipinski definition) is 0. The minimum absolute atomic E-state index is 0.112. The molecule has 0 bridgehead atoms. The van der Waals surface area contributed by atoms with E-state index < -0.39 is 18.4 Å². The Hall–Kier alpha value is -1.63. The maximum Gasteiger partial charge on any atom is 0.332 e.